The summed E-state index contributed by atoms with van der Waals surface area (Å²) in [6.45, 7) is 2.23. The van der Waals surface area contributed by atoms with Crippen molar-refractivity contribution in [2.75, 3.05) is 0 Å². The van der Waals surface area contributed by atoms with Gasteiger partial charge in [-0.25, -0.2) is 0 Å². The zero-order chi connectivity index (χ0) is 8.12. The maximum atomic E-state index is 6.47. The van der Waals surface area contributed by atoms with E-state index >= 15 is 0 Å². The standard InChI is InChI=1S/C4H9.2ClHO.Sn.H/c1-3-4-2;2*1-2;;/h1,3-4H2,2H3;2*2H;;. The molecule has 0 fully saturated rings. The fourth-order valence-corrected chi connectivity index (χ4v) is 1.37. The van der Waals surface area contributed by atoms with E-state index in [0.717, 1.165) is 0 Å². The van der Waals surface area contributed by atoms with E-state index < -0.39 is 0 Å². The minimum Gasteiger partial charge on any atom is -0.295 e. The molecule has 2 radical (unpaired) electrons. The van der Waals surface area contributed by atoms with Crippen molar-refractivity contribution < 1.29 is 9.32 Å². The fourth-order valence-electron chi connectivity index (χ4n) is 0.204. The van der Waals surface area contributed by atoms with Crippen molar-refractivity contribution in [1.82, 2.24) is 0 Å². The zero-order valence-corrected chi connectivity index (χ0v) is 10.2. The van der Waals surface area contributed by atoms with Crippen LogP contribution in [0, 0.1) is 0 Å². The predicted molar refractivity (Wildman–Crippen MR) is 43.0 cm³/mol. The van der Waals surface area contributed by atoms with Gasteiger partial charge in [-0.3, -0.25) is 9.32 Å². The van der Waals surface area contributed by atoms with E-state index in [0.29, 0.717) is 0 Å². The van der Waals surface area contributed by atoms with Crippen LogP contribution < -0.4 is 0 Å². The quantitative estimate of drug-likeness (QED) is 0.751. The Morgan fingerprint density at radius 1 is 1.22 bits per heavy atom. The summed E-state index contributed by atoms with van der Waals surface area (Å²) >= 11 is 8.73. The first kappa shape index (κ1) is 16.7. The summed E-state index contributed by atoms with van der Waals surface area (Å²) in [5.41, 5.74) is 0. The van der Waals surface area contributed by atoms with Crippen LogP contribution in [0.5, 0.6) is 0 Å². The average Bonchev–Trinajstić information content (AvgIpc) is 1.98. The van der Waals surface area contributed by atoms with Crippen molar-refractivity contribution in [1.29, 1.82) is 0 Å². The molecule has 2 N–H and O–H groups in total. The third-order valence-electron chi connectivity index (χ3n) is 0.558. The molecule has 0 bridgehead atoms. The molecule has 0 aromatic carbocycles. The Labute approximate surface area is 79.6 Å². The molecular weight excluding hydrogens is 270 g/mol. The van der Waals surface area contributed by atoms with Crippen LogP contribution in [0.3, 0.4) is 0 Å². The van der Waals surface area contributed by atoms with Crippen LogP contribution in [0.4, 0.5) is 0 Å². The van der Waals surface area contributed by atoms with Gasteiger partial charge in [0, 0.05) is 0 Å². The molecule has 0 aromatic heterocycles. The third kappa shape index (κ3) is 45.5. The van der Waals surface area contributed by atoms with E-state index in [9.17, 15) is 0 Å². The SMILES string of the molecule is CCC[CH2][SnH].OCl.OCl. The average molecular weight is 282 g/mol. The molecule has 0 rings (SSSR count). The summed E-state index contributed by atoms with van der Waals surface area (Å²) in [6, 6.07) is 0. The van der Waals surface area contributed by atoms with Crippen molar-refractivity contribution in [2.45, 2.75) is 24.2 Å². The molecule has 9 heavy (non-hydrogen) atoms. The molecule has 5 heteroatoms. The Bertz CT molecular complexity index is 24.0. The van der Waals surface area contributed by atoms with Crippen molar-refractivity contribution in [2.24, 2.45) is 0 Å². The second-order valence-electron chi connectivity index (χ2n) is 1.14. The number of hydrogen-bond donors (Lipinski definition) is 2. The molecule has 0 spiro atoms. The van der Waals surface area contributed by atoms with Crippen molar-refractivity contribution in [3.8, 4) is 0 Å². The van der Waals surface area contributed by atoms with Crippen LogP contribution in [-0.4, -0.2) is 31.8 Å². The second kappa shape index (κ2) is 34.7. The number of rotatable bonds is 2. The molecule has 0 aliphatic rings. The van der Waals surface area contributed by atoms with Gasteiger partial charge in [0.05, 0.1) is 23.7 Å². The first-order valence-corrected chi connectivity index (χ1v) is 5.46. The summed E-state index contributed by atoms with van der Waals surface area (Å²) in [7, 11) is 0. The Hall–Kier alpha value is 1.30. The van der Waals surface area contributed by atoms with E-state index in [1.807, 2.05) is 0 Å². The van der Waals surface area contributed by atoms with Gasteiger partial charge in [-0.05, 0) is 0 Å². The minimum absolute atomic E-state index is 1.38. The molecule has 0 unspecified atom stereocenters. The number of halogens is 2. The Kier molecular flexibility index (Phi) is 64.4. The number of hydrogen-bond acceptors (Lipinski definition) is 2. The normalized spacial score (nSPS) is 6.00. The second-order valence-corrected chi connectivity index (χ2v) is 2.79. The van der Waals surface area contributed by atoms with Crippen LogP contribution in [0.1, 0.15) is 19.8 Å². The molecule has 0 aromatic rings. The first-order valence-electron chi connectivity index (χ1n) is 2.45. The van der Waals surface area contributed by atoms with Crippen LogP contribution in [0.25, 0.3) is 0 Å². The van der Waals surface area contributed by atoms with E-state index in [1.165, 1.54) is 39.8 Å². The molecule has 2 nitrogen and oxygen atoms in total. The summed E-state index contributed by atoms with van der Waals surface area (Å²) in [4.78, 5) is 0. The first-order chi connectivity index (χ1) is 4.41. The Morgan fingerprint density at radius 2 is 1.56 bits per heavy atom. The zero-order valence-electron chi connectivity index (χ0n) is 5.35. The van der Waals surface area contributed by atoms with Crippen molar-refractivity contribution >= 4 is 46.3 Å². The van der Waals surface area contributed by atoms with Gasteiger partial charge in [-0.2, -0.15) is 0 Å². The van der Waals surface area contributed by atoms with Crippen LogP contribution in [0.15, 0.2) is 0 Å². The Morgan fingerprint density at radius 3 is 1.56 bits per heavy atom. The van der Waals surface area contributed by atoms with Gasteiger partial charge in [0.2, 0.25) is 0 Å². The third-order valence-corrected chi connectivity index (χ3v) is 1.72. The largest absolute Gasteiger partial charge is 0.295 e. The maximum absolute atomic E-state index is 6.47. The molecule has 0 amide bonds. The molecule has 0 saturated carbocycles. The number of unbranched alkanes of at least 4 members (excludes halogenated alkanes) is 1. The molecular formula is C4H12Cl2O2Sn. The van der Waals surface area contributed by atoms with E-state index in [-0.39, 0.29) is 0 Å². The van der Waals surface area contributed by atoms with Crippen LogP contribution in [-0.2, 0) is 0 Å². The summed E-state index contributed by atoms with van der Waals surface area (Å²) in [6.07, 6.45) is 2.82. The predicted octanol–water partition coefficient (Wildman–Crippen LogP) is 1.37. The Balaban J connectivity index is -0.0000000771. The van der Waals surface area contributed by atoms with Gasteiger partial charge in [0.1, 0.15) is 0 Å². The fraction of sp³-hybridized carbons (Fsp3) is 1.00. The van der Waals surface area contributed by atoms with Gasteiger partial charge in [0.25, 0.3) is 0 Å². The molecule has 0 saturated heterocycles. The van der Waals surface area contributed by atoms with Gasteiger partial charge in [-0.1, -0.05) is 0 Å². The molecule has 0 aliphatic carbocycles. The van der Waals surface area contributed by atoms with E-state index in [4.69, 9.17) is 9.32 Å². The summed E-state index contributed by atoms with van der Waals surface area (Å²) < 4.78 is 14.4. The summed E-state index contributed by atoms with van der Waals surface area (Å²) in [5, 5.41) is 0. The van der Waals surface area contributed by atoms with Crippen LogP contribution in [0.2, 0.25) is 4.44 Å². The molecule has 0 heterocycles. The minimum atomic E-state index is 1.38. The van der Waals surface area contributed by atoms with Crippen molar-refractivity contribution in [3.63, 3.8) is 0 Å². The van der Waals surface area contributed by atoms with Crippen molar-refractivity contribution in [3.05, 3.63) is 0 Å². The monoisotopic (exact) mass is 282 g/mol. The van der Waals surface area contributed by atoms with E-state index in [2.05, 4.69) is 30.7 Å². The van der Waals surface area contributed by atoms with Gasteiger partial charge in [0.15, 0.2) is 0 Å². The van der Waals surface area contributed by atoms with Gasteiger partial charge >= 0.3 is 46.7 Å². The molecule has 0 atom stereocenters. The molecule has 0 aliphatic heterocycles. The maximum Gasteiger partial charge on any atom is 0.0579 e. The molecule has 58 valence electrons. The van der Waals surface area contributed by atoms with Gasteiger partial charge < -0.3 is 0 Å². The smallest absolute Gasteiger partial charge is 0.0579 e. The van der Waals surface area contributed by atoms with Gasteiger partial charge in [-0.15, -0.1) is 0 Å². The topological polar surface area (TPSA) is 40.5 Å². The summed E-state index contributed by atoms with van der Waals surface area (Å²) in [5.74, 6) is 0. The van der Waals surface area contributed by atoms with Crippen LogP contribution >= 0.6 is 23.7 Å². The van der Waals surface area contributed by atoms with E-state index in [1.54, 1.807) is 0 Å².